The average molecular weight is 228 g/mol. The van der Waals surface area contributed by atoms with Crippen molar-refractivity contribution in [3.05, 3.63) is 35.4 Å². The maximum Gasteiger partial charge on any atom is 0.303 e. The van der Waals surface area contributed by atoms with Crippen molar-refractivity contribution in [2.45, 2.75) is 20.0 Å². The molecule has 0 saturated heterocycles. The van der Waals surface area contributed by atoms with Gasteiger partial charge in [-0.05, 0) is 19.1 Å². The second kappa shape index (κ2) is 4.83. The third-order valence-corrected chi connectivity index (χ3v) is 1.91. The summed E-state index contributed by atoms with van der Waals surface area (Å²) in [6, 6.07) is 2.59. The smallest absolute Gasteiger partial charge is 0.303 e. The fourth-order valence-electron chi connectivity index (χ4n) is 1.21. The standard InChI is InChI=1S/C11H10F2O3/c1-6(16-7(2)14)11(15)9-4-3-8(12)5-10(9)13/h3-6H,1-2H3/t6-/m0/s1. The van der Waals surface area contributed by atoms with E-state index in [1.165, 1.54) is 6.92 Å². The molecule has 0 radical (unpaired) electrons. The maximum atomic E-state index is 13.2. The van der Waals surface area contributed by atoms with E-state index in [2.05, 4.69) is 4.74 Å². The fourth-order valence-corrected chi connectivity index (χ4v) is 1.21. The molecule has 0 N–H and O–H groups in total. The van der Waals surface area contributed by atoms with E-state index in [4.69, 9.17) is 0 Å². The third kappa shape index (κ3) is 2.85. The van der Waals surface area contributed by atoms with Crippen LogP contribution in [0.1, 0.15) is 24.2 Å². The van der Waals surface area contributed by atoms with Crippen LogP contribution in [0.3, 0.4) is 0 Å². The number of Topliss-reactive ketones (excluding diaryl/α,β-unsaturated/α-hetero) is 1. The number of esters is 1. The molecule has 1 aromatic rings. The Bertz CT molecular complexity index is 429. The monoisotopic (exact) mass is 228 g/mol. The molecule has 1 rings (SSSR count). The Morgan fingerprint density at radius 3 is 2.44 bits per heavy atom. The summed E-state index contributed by atoms with van der Waals surface area (Å²) in [6.07, 6.45) is -1.09. The maximum absolute atomic E-state index is 13.2. The number of carbonyl (C=O) groups excluding carboxylic acids is 2. The van der Waals surface area contributed by atoms with E-state index in [1.54, 1.807) is 0 Å². The number of ether oxygens (including phenoxy) is 1. The molecule has 0 spiro atoms. The fraction of sp³-hybridized carbons (Fsp3) is 0.273. The number of carbonyl (C=O) groups is 2. The Morgan fingerprint density at radius 2 is 1.94 bits per heavy atom. The predicted octanol–water partition coefficient (Wildman–Crippen LogP) is 2.10. The van der Waals surface area contributed by atoms with Crippen LogP contribution >= 0.6 is 0 Å². The van der Waals surface area contributed by atoms with Crippen molar-refractivity contribution in [2.24, 2.45) is 0 Å². The molecule has 0 fully saturated rings. The molecule has 0 bridgehead atoms. The van der Waals surface area contributed by atoms with Crippen LogP contribution in [0, 0.1) is 11.6 Å². The minimum atomic E-state index is -1.09. The molecule has 5 heteroatoms. The van der Waals surface area contributed by atoms with Crippen LogP contribution in [-0.4, -0.2) is 17.9 Å². The zero-order valence-corrected chi connectivity index (χ0v) is 8.79. The summed E-state index contributed by atoms with van der Waals surface area (Å²) in [5, 5.41) is 0. The van der Waals surface area contributed by atoms with Crippen LogP contribution in [0.15, 0.2) is 18.2 Å². The number of ketones is 1. The van der Waals surface area contributed by atoms with E-state index >= 15 is 0 Å². The highest BCUT2D eigenvalue weighted by atomic mass is 19.1. The number of halogens is 2. The minimum absolute atomic E-state index is 0.296. The van der Waals surface area contributed by atoms with Crippen LogP contribution in [-0.2, 0) is 9.53 Å². The molecule has 0 unspecified atom stereocenters. The van der Waals surface area contributed by atoms with Gasteiger partial charge < -0.3 is 4.74 Å². The minimum Gasteiger partial charge on any atom is -0.454 e. The van der Waals surface area contributed by atoms with Crippen molar-refractivity contribution in [3.63, 3.8) is 0 Å². The molecule has 0 aliphatic carbocycles. The van der Waals surface area contributed by atoms with Crippen LogP contribution in [0.4, 0.5) is 8.78 Å². The zero-order chi connectivity index (χ0) is 12.3. The lowest BCUT2D eigenvalue weighted by molar-refractivity contribution is -0.143. The molecule has 0 amide bonds. The van der Waals surface area contributed by atoms with Gasteiger partial charge in [0.05, 0.1) is 5.56 Å². The van der Waals surface area contributed by atoms with Gasteiger partial charge in [0.2, 0.25) is 5.78 Å². The Hall–Kier alpha value is -1.78. The van der Waals surface area contributed by atoms with Gasteiger partial charge in [0.1, 0.15) is 11.6 Å². The molecular weight excluding hydrogens is 218 g/mol. The van der Waals surface area contributed by atoms with E-state index in [-0.39, 0.29) is 5.56 Å². The van der Waals surface area contributed by atoms with Gasteiger partial charge in [0.25, 0.3) is 0 Å². The van der Waals surface area contributed by atoms with Gasteiger partial charge in [-0.1, -0.05) is 0 Å². The third-order valence-electron chi connectivity index (χ3n) is 1.91. The number of benzene rings is 1. The van der Waals surface area contributed by atoms with Gasteiger partial charge in [0.15, 0.2) is 6.10 Å². The van der Waals surface area contributed by atoms with Gasteiger partial charge in [-0.25, -0.2) is 8.78 Å². The lowest BCUT2D eigenvalue weighted by atomic mass is 10.1. The van der Waals surface area contributed by atoms with Crippen molar-refractivity contribution < 1.29 is 23.1 Å². The first kappa shape index (κ1) is 12.3. The summed E-state index contributed by atoms with van der Waals surface area (Å²) in [7, 11) is 0. The van der Waals surface area contributed by atoms with Gasteiger partial charge in [-0.2, -0.15) is 0 Å². The molecule has 0 saturated carbocycles. The molecule has 0 heterocycles. The van der Waals surface area contributed by atoms with Crippen molar-refractivity contribution >= 4 is 11.8 Å². The summed E-state index contributed by atoms with van der Waals surface area (Å²) >= 11 is 0. The molecule has 86 valence electrons. The van der Waals surface area contributed by atoms with E-state index in [9.17, 15) is 18.4 Å². The Kier molecular flexibility index (Phi) is 3.71. The van der Waals surface area contributed by atoms with Crippen LogP contribution in [0.5, 0.6) is 0 Å². The Labute approximate surface area is 91.0 Å². The zero-order valence-electron chi connectivity index (χ0n) is 8.79. The molecular formula is C11H10F2O3. The first-order chi connectivity index (χ1) is 7.41. The Morgan fingerprint density at radius 1 is 1.31 bits per heavy atom. The molecule has 1 aromatic carbocycles. The van der Waals surface area contributed by atoms with E-state index in [0.29, 0.717) is 6.07 Å². The highest BCUT2D eigenvalue weighted by Crippen LogP contribution is 2.13. The van der Waals surface area contributed by atoms with Crippen LogP contribution in [0.25, 0.3) is 0 Å². The summed E-state index contributed by atoms with van der Waals surface area (Å²) in [5.41, 5.74) is -0.296. The molecule has 0 aliphatic rings. The quantitative estimate of drug-likeness (QED) is 0.587. The molecule has 3 nitrogen and oxygen atoms in total. The lowest BCUT2D eigenvalue weighted by Gasteiger charge is -2.10. The summed E-state index contributed by atoms with van der Waals surface area (Å²) in [5.74, 6) is -3.07. The molecule has 16 heavy (non-hydrogen) atoms. The normalized spacial score (nSPS) is 12.0. The summed E-state index contributed by atoms with van der Waals surface area (Å²) in [6.45, 7) is 2.47. The summed E-state index contributed by atoms with van der Waals surface area (Å²) < 4.78 is 30.4. The number of hydrogen-bond donors (Lipinski definition) is 0. The molecule has 0 aliphatic heterocycles. The van der Waals surface area contributed by atoms with E-state index < -0.39 is 29.5 Å². The average Bonchev–Trinajstić information content (AvgIpc) is 2.15. The van der Waals surface area contributed by atoms with Crippen molar-refractivity contribution in [1.82, 2.24) is 0 Å². The van der Waals surface area contributed by atoms with E-state index in [0.717, 1.165) is 19.1 Å². The Balaban J connectivity index is 2.92. The second-order valence-electron chi connectivity index (χ2n) is 3.24. The van der Waals surface area contributed by atoms with Gasteiger partial charge in [-0.15, -0.1) is 0 Å². The van der Waals surface area contributed by atoms with Crippen molar-refractivity contribution in [2.75, 3.05) is 0 Å². The van der Waals surface area contributed by atoms with Crippen LogP contribution < -0.4 is 0 Å². The second-order valence-corrected chi connectivity index (χ2v) is 3.24. The topological polar surface area (TPSA) is 43.4 Å². The van der Waals surface area contributed by atoms with Gasteiger partial charge >= 0.3 is 5.97 Å². The van der Waals surface area contributed by atoms with Crippen LogP contribution in [0.2, 0.25) is 0 Å². The highest BCUT2D eigenvalue weighted by molar-refractivity contribution is 6.00. The first-order valence-corrected chi connectivity index (χ1v) is 4.58. The van der Waals surface area contributed by atoms with Crippen molar-refractivity contribution in [3.8, 4) is 0 Å². The predicted molar refractivity (Wildman–Crippen MR) is 51.9 cm³/mol. The van der Waals surface area contributed by atoms with Gasteiger partial charge in [-0.3, -0.25) is 9.59 Å². The summed E-state index contributed by atoms with van der Waals surface area (Å²) in [4.78, 5) is 22.2. The largest absolute Gasteiger partial charge is 0.454 e. The SMILES string of the molecule is CC(=O)O[C@@H](C)C(=O)c1ccc(F)cc1F. The number of rotatable bonds is 3. The lowest BCUT2D eigenvalue weighted by Crippen LogP contribution is -2.24. The number of hydrogen-bond acceptors (Lipinski definition) is 3. The molecule has 1 atom stereocenters. The van der Waals surface area contributed by atoms with Crippen molar-refractivity contribution in [1.29, 1.82) is 0 Å². The highest BCUT2D eigenvalue weighted by Gasteiger charge is 2.21. The van der Waals surface area contributed by atoms with E-state index in [1.807, 2.05) is 0 Å². The first-order valence-electron chi connectivity index (χ1n) is 4.58. The van der Waals surface area contributed by atoms with Gasteiger partial charge in [0, 0.05) is 13.0 Å². The molecule has 0 aromatic heterocycles.